The topological polar surface area (TPSA) is 53.3 Å². The average Bonchev–Trinajstić information content (AvgIpc) is 2.35. The monoisotopic (exact) mass is 236 g/mol. The van der Waals surface area contributed by atoms with Crippen LogP contribution in [0.4, 0.5) is 4.39 Å². The highest BCUT2D eigenvalue weighted by molar-refractivity contribution is 5.94. The lowest BCUT2D eigenvalue weighted by Gasteiger charge is -2.19. The average molecular weight is 236 g/mol. The summed E-state index contributed by atoms with van der Waals surface area (Å²) in [6.07, 6.45) is 0. The van der Waals surface area contributed by atoms with E-state index in [9.17, 15) is 9.18 Å². The number of ether oxygens (including phenoxy) is 1. The van der Waals surface area contributed by atoms with Crippen LogP contribution in [0.1, 0.15) is 17.3 Å². The van der Waals surface area contributed by atoms with Crippen molar-refractivity contribution in [3.63, 3.8) is 0 Å². The van der Waals surface area contributed by atoms with Crippen molar-refractivity contribution in [2.24, 2.45) is 0 Å². The van der Waals surface area contributed by atoms with E-state index in [-0.39, 0.29) is 11.3 Å². The van der Waals surface area contributed by atoms with Crippen LogP contribution in [0, 0.1) is 17.1 Å². The Morgan fingerprint density at radius 3 is 2.71 bits per heavy atom. The van der Waals surface area contributed by atoms with Crippen LogP contribution >= 0.6 is 0 Å². The highest BCUT2D eigenvalue weighted by Crippen LogP contribution is 2.18. The summed E-state index contributed by atoms with van der Waals surface area (Å²) < 4.78 is 18.2. The van der Waals surface area contributed by atoms with Gasteiger partial charge in [-0.15, -0.1) is 0 Å². The van der Waals surface area contributed by atoms with Crippen LogP contribution in [-0.4, -0.2) is 31.0 Å². The van der Waals surface area contributed by atoms with E-state index in [2.05, 4.69) is 0 Å². The molecule has 0 fully saturated rings. The summed E-state index contributed by atoms with van der Waals surface area (Å²) in [7, 11) is 2.85. The smallest absolute Gasteiger partial charge is 0.254 e. The van der Waals surface area contributed by atoms with Crippen molar-refractivity contribution in [1.82, 2.24) is 4.90 Å². The van der Waals surface area contributed by atoms with Gasteiger partial charge < -0.3 is 9.64 Å². The first-order valence-corrected chi connectivity index (χ1v) is 5.01. The van der Waals surface area contributed by atoms with E-state index in [4.69, 9.17) is 10.00 Å². The van der Waals surface area contributed by atoms with Gasteiger partial charge in [0.05, 0.1) is 13.2 Å². The molecular weight excluding hydrogens is 223 g/mol. The molecule has 4 nitrogen and oxygen atoms in total. The molecule has 0 saturated heterocycles. The van der Waals surface area contributed by atoms with E-state index in [0.717, 1.165) is 6.07 Å². The molecule has 1 unspecified atom stereocenters. The van der Waals surface area contributed by atoms with Crippen molar-refractivity contribution in [3.05, 3.63) is 29.6 Å². The highest BCUT2D eigenvalue weighted by Gasteiger charge is 2.18. The first kappa shape index (κ1) is 13.0. The van der Waals surface area contributed by atoms with Gasteiger partial charge in [0.2, 0.25) is 0 Å². The number of nitriles is 1. The van der Waals surface area contributed by atoms with Gasteiger partial charge in [-0.25, -0.2) is 4.39 Å². The Labute approximate surface area is 99.2 Å². The maximum Gasteiger partial charge on any atom is 0.254 e. The molecule has 0 aliphatic carbocycles. The number of methoxy groups -OCH3 is 1. The highest BCUT2D eigenvalue weighted by atomic mass is 19.1. The normalized spacial score (nSPS) is 11.5. The summed E-state index contributed by atoms with van der Waals surface area (Å²) in [5.74, 6) is -0.922. The summed E-state index contributed by atoms with van der Waals surface area (Å²) in [6.45, 7) is 1.60. The van der Waals surface area contributed by atoms with E-state index >= 15 is 0 Å². The molecule has 0 spiro atoms. The fourth-order valence-electron chi connectivity index (χ4n) is 1.27. The van der Waals surface area contributed by atoms with Gasteiger partial charge in [0.1, 0.15) is 6.04 Å². The molecule has 5 heteroatoms. The van der Waals surface area contributed by atoms with Gasteiger partial charge in [0, 0.05) is 12.6 Å². The van der Waals surface area contributed by atoms with E-state index in [1.54, 1.807) is 6.92 Å². The van der Waals surface area contributed by atoms with Gasteiger partial charge in [0.15, 0.2) is 11.6 Å². The molecule has 0 aromatic heterocycles. The Balaban J connectivity index is 2.98. The molecule has 0 aliphatic heterocycles. The number of carbonyl (C=O) groups is 1. The van der Waals surface area contributed by atoms with Crippen molar-refractivity contribution < 1.29 is 13.9 Å². The minimum Gasteiger partial charge on any atom is -0.494 e. The Kier molecular flexibility index (Phi) is 4.05. The molecule has 0 radical (unpaired) electrons. The molecule has 0 bridgehead atoms. The van der Waals surface area contributed by atoms with Gasteiger partial charge >= 0.3 is 0 Å². The number of benzene rings is 1. The number of halogens is 1. The lowest BCUT2D eigenvalue weighted by molar-refractivity contribution is 0.0772. The van der Waals surface area contributed by atoms with Crippen LogP contribution in [0.5, 0.6) is 5.75 Å². The van der Waals surface area contributed by atoms with Crippen molar-refractivity contribution in [2.75, 3.05) is 14.2 Å². The fourth-order valence-corrected chi connectivity index (χ4v) is 1.27. The van der Waals surface area contributed by atoms with Gasteiger partial charge in [-0.1, -0.05) is 0 Å². The van der Waals surface area contributed by atoms with Crippen LogP contribution in [-0.2, 0) is 0 Å². The van der Waals surface area contributed by atoms with E-state index in [1.165, 1.54) is 31.2 Å². The van der Waals surface area contributed by atoms with Crippen molar-refractivity contribution >= 4 is 5.91 Å². The first-order chi connectivity index (χ1) is 8.01. The second-order valence-corrected chi connectivity index (χ2v) is 3.57. The molecule has 0 N–H and O–H groups in total. The number of rotatable bonds is 3. The number of hydrogen-bond acceptors (Lipinski definition) is 3. The molecular formula is C12H13FN2O2. The van der Waals surface area contributed by atoms with Crippen LogP contribution in [0.2, 0.25) is 0 Å². The maximum absolute atomic E-state index is 13.4. The largest absolute Gasteiger partial charge is 0.494 e. The molecule has 17 heavy (non-hydrogen) atoms. The van der Waals surface area contributed by atoms with Crippen LogP contribution < -0.4 is 4.74 Å². The second kappa shape index (κ2) is 5.30. The molecule has 1 amide bonds. The van der Waals surface area contributed by atoms with Crippen LogP contribution in [0.3, 0.4) is 0 Å². The van der Waals surface area contributed by atoms with E-state index < -0.39 is 17.8 Å². The molecule has 0 heterocycles. The maximum atomic E-state index is 13.4. The van der Waals surface area contributed by atoms with Gasteiger partial charge in [-0.05, 0) is 25.1 Å². The van der Waals surface area contributed by atoms with E-state index in [0.29, 0.717) is 0 Å². The lowest BCUT2D eigenvalue weighted by Crippen LogP contribution is -2.34. The quantitative estimate of drug-likeness (QED) is 0.804. The second-order valence-electron chi connectivity index (χ2n) is 3.57. The lowest BCUT2D eigenvalue weighted by atomic mass is 10.1. The first-order valence-electron chi connectivity index (χ1n) is 5.01. The van der Waals surface area contributed by atoms with Crippen molar-refractivity contribution in [2.45, 2.75) is 13.0 Å². The van der Waals surface area contributed by atoms with Crippen molar-refractivity contribution in [3.8, 4) is 11.8 Å². The third kappa shape index (κ3) is 2.72. The molecule has 1 atom stereocenters. The molecule has 1 aromatic carbocycles. The molecule has 1 rings (SSSR count). The number of nitrogens with zero attached hydrogens (tertiary/aromatic N) is 2. The predicted octanol–water partition coefficient (Wildman–Crippen LogP) is 1.82. The zero-order valence-electron chi connectivity index (χ0n) is 9.90. The van der Waals surface area contributed by atoms with Gasteiger partial charge in [-0.3, -0.25) is 4.79 Å². The molecule has 1 aromatic rings. The SMILES string of the molecule is COc1ccc(C(=O)N(C)C(C)C#N)cc1F. The number of hydrogen-bond donors (Lipinski definition) is 0. The molecule has 90 valence electrons. The Hall–Kier alpha value is -2.09. The van der Waals surface area contributed by atoms with Gasteiger partial charge in [0.25, 0.3) is 5.91 Å². The standard InChI is InChI=1S/C12H13FN2O2/c1-8(7-14)15(2)12(16)9-4-5-11(17-3)10(13)6-9/h4-6,8H,1-3H3. The minimum absolute atomic E-state index is 0.0811. The van der Waals surface area contributed by atoms with Crippen LogP contribution in [0.25, 0.3) is 0 Å². The Morgan fingerprint density at radius 1 is 1.59 bits per heavy atom. The number of carbonyl (C=O) groups excluding carboxylic acids is 1. The summed E-state index contributed by atoms with van der Waals surface area (Å²) in [6, 6.07) is 5.32. The minimum atomic E-state index is -0.601. The fraction of sp³-hybridized carbons (Fsp3) is 0.333. The zero-order chi connectivity index (χ0) is 13.0. The summed E-state index contributed by atoms with van der Waals surface area (Å²) in [4.78, 5) is 13.1. The number of amides is 1. The van der Waals surface area contributed by atoms with Crippen LogP contribution in [0.15, 0.2) is 18.2 Å². The molecule has 0 saturated carbocycles. The van der Waals surface area contributed by atoms with E-state index in [1.807, 2.05) is 6.07 Å². The Bertz CT molecular complexity index is 468. The third-order valence-electron chi connectivity index (χ3n) is 2.49. The summed E-state index contributed by atoms with van der Waals surface area (Å²) in [5.41, 5.74) is 0.188. The third-order valence-corrected chi connectivity index (χ3v) is 2.49. The zero-order valence-corrected chi connectivity index (χ0v) is 9.90. The Morgan fingerprint density at radius 2 is 2.24 bits per heavy atom. The molecule has 0 aliphatic rings. The predicted molar refractivity (Wildman–Crippen MR) is 60.1 cm³/mol. The van der Waals surface area contributed by atoms with Gasteiger partial charge in [-0.2, -0.15) is 5.26 Å². The summed E-state index contributed by atoms with van der Waals surface area (Å²) >= 11 is 0. The summed E-state index contributed by atoms with van der Waals surface area (Å²) in [5, 5.41) is 8.70. The van der Waals surface area contributed by atoms with Crippen molar-refractivity contribution in [1.29, 1.82) is 5.26 Å².